The van der Waals surface area contributed by atoms with Crippen molar-refractivity contribution in [3.05, 3.63) is 63.6 Å². The number of aromatic nitrogens is 1. The van der Waals surface area contributed by atoms with E-state index in [1.54, 1.807) is 19.3 Å². The van der Waals surface area contributed by atoms with E-state index in [4.69, 9.17) is 0 Å². The van der Waals surface area contributed by atoms with Gasteiger partial charge in [-0.15, -0.1) is 0 Å². The fourth-order valence-corrected chi connectivity index (χ4v) is 3.38. The molecule has 1 aliphatic heterocycles. The summed E-state index contributed by atoms with van der Waals surface area (Å²) < 4.78 is 1.38. The highest BCUT2D eigenvalue weighted by Gasteiger charge is 2.34. The molecule has 0 radical (unpaired) electrons. The predicted molar refractivity (Wildman–Crippen MR) is 97.9 cm³/mol. The third-order valence-electron chi connectivity index (χ3n) is 5.08. The summed E-state index contributed by atoms with van der Waals surface area (Å²) in [5.41, 5.74) is 2.69. The monoisotopic (exact) mass is 351 g/mol. The number of fused-ring (bicyclic) bond motifs is 1. The lowest BCUT2D eigenvalue weighted by Crippen LogP contribution is -2.36. The number of nitrogens with one attached hydrogen (secondary N) is 1. The van der Waals surface area contributed by atoms with Crippen LogP contribution in [0.25, 0.3) is 0 Å². The Kier molecular flexibility index (Phi) is 4.11. The highest BCUT2D eigenvalue weighted by molar-refractivity contribution is 6.04. The van der Waals surface area contributed by atoms with Crippen molar-refractivity contribution in [2.24, 2.45) is 13.0 Å². The predicted octanol–water partition coefficient (Wildman–Crippen LogP) is 1.93. The molecule has 1 aliphatic carbocycles. The van der Waals surface area contributed by atoms with E-state index in [9.17, 15) is 14.4 Å². The molecule has 0 unspecified atom stereocenters. The van der Waals surface area contributed by atoms with Crippen molar-refractivity contribution < 1.29 is 9.59 Å². The average Bonchev–Trinajstić information content (AvgIpc) is 3.48. The van der Waals surface area contributed by atoms with Gasteiger partial charge in [-0.2, -0.15) is 0 Å². The quantitative estimate of drug-likeness (QED) is 0.918. The number of nitrogens with zero attached hydrogens (tertiary/aromatic N) is 2. The molecule has 0 saturated heterocycles. The average molecular weight is 351 g/mol. The van der Waals surface area contributed by atoms with Gasteiger partial charge in [0.05, 0.1) is 0 Å². The molecule has 134 valence electrons. The zero-order chi connectivity index (χ0) is 18.3. The van der Waals surface area contributed by atoms with E-state index in [0.29, 0.717) is 12.2 Å². The highest BCUT2D eigenvalue weighted by atomic mass is 16.2. The highest BCUT2D eigenvalue weighted by Crippen LogP contribution is 2.33. The SMILES string of the molecule is Cn1cccc(C(=O)Nc2ccc3c(c2)CN(C(=O)C2CC2)CC3)c1=O. The molecule has 1 fully saturated rings. The summed E-state index contributed by atoms with van der Waals surface area (Å²) in [6.45, 7) is 1.34. The smallest absolute Gasteiger partial charge is 0.263 e. The van der Waals surface area contributed by atoms with E-state index in [1.165, 1.54) is 16.2 Å². The van der Waals surface area contributed by atoms with Crippen molar-refractivity contribution in [2.45, 2.75) is 25.8 Å². The molecule has 0 bridgehead atoms. The zero-order valence-electron chi connectivity index (χ0n) is 14.7. The second kappa shape index (κ2) is 6.44. The molecule has 0 atom stereocenters. The topological polar surface area (TPSA) is 71.4 Å². The summed E-state index contributed by atoms with van der Waals surface area (Å²) in [5.74, 6) is 0.0412. The minimum atomic E-state index is -0.423. The Balaban J connectivity index is 1.53. The number of anilines is 1. The largest absolute Gasteiger partial charge is 0.338 e. The van der Waals surface area contributed by atoms with Crippen LogP contribution in [0.15, 0.2) is 41.3 Å². The zero-order valence-corrected chi connectivity index (χ0v) is 14.7. The number of aryl methyl sites for hydroxylation is 1. The molecule has 6 nitrogen and oxygen atoms in total. The van der Waals surface area contributed by atoms with Crippen molar-refractivity contribution in [2.75, 3.05) is 11.9 Å². The first-order valence-corrected chi connectivity index (χ1v) is 8.90. The van der Waals surface area contributed by atoms with Crippen molar-refractivity contribution >= 4 is 17.5 Å². The van der Waals surface area contributed by atoms with Crippen LogP contribution in [0.4, 0.5) is 5.69 Å². The van der Waals surface area contributed by atoms with Gasteiger partial charge in [0.25, 0.3) is 11.5 Å². The number of pyridine rings is 1. The van der Waals surface area contributed by atoms with Crippen LogP contribution in [0.5, 0.6) is 0 Å². The first-order valence-electron chi connectivity index (χ1n) is 8.90. The molecule has 2 amide bonds. The van der Waals surface area contributed by atoms with Gasteiger partial charge < -0.3 is 14.8 Å². The van der Waals surface area contributed by atoms with Gasteiger partial charge in [0.1, 0.15) is 5.56 Å². The lowest BCUT2D eigenvalue weighted by Gasteiger charge is -2.29. The van der Waals surface area contributed by atoms with Crippen LogP contribution in [-0.4, -0.2) is 27.8 Å². The van der Waals surface area contributed by atoms with Crippen LogP contribution >= 0.6 is 0 Å². The molecular weight excluding hydrogens is 330 g/mol. The van der Waals surface area contributed by atoms with Crippen LogP contribution in [0.3, 0.4) is 0 Å². The molecule has 6 heteroatoms. The standard InChI is InChI=1S/C20H21N3O3/c1-22-9-2-3-17(20(22)26)18(24)21-16-7-6-13-8-10-23(12-15(13)11-16)19(25)14-4-5-14/h2-3,6-7,9,11,14H,4-5,8,10,12H2,1H3,(H,21,24). The number of amides is 2. The van der Waals surface area contributed by atoms with Gasteiger partial charge in [-0.25, -0.2) is 0 Å². The lowest BCUT2D eigenvalue weighted by molar-refractivity contribution is -0.133. The molecule has 1 saturated carbocycles. The first kappa shape index (κ1) is 16.6. The number of hydrogen-bond acceptors (Lipinski definition) is 3. The van der Waals surface area contributed by atoms with Gasteiger partial charge >= 0.3 is 0 Å². The van der Waals surface area contributed by atoms with Crippen molar-refractivity contribution in [3.63, 3.8) is 0 Å². The summed E-state index contributed by atoms with van der Waals surface area (Å²) in [6, 6.07) is 8.94. The maximum atomic E-state index is 12.4. The summed E-state index contributed by atoms with van der Waals surface area (Å²) in [4.78, 5) is 38.7. The lowest BCUT2D eigenvalue weighted by atomic mass is 9.98. The van der Waals surface area contributed by atoms with Gasteiger partial charge in [-0.05, 0) is 54.7 Å². The molecule has 2 aliphatic rings. The van der Waals surface area contributed by atoms with Gasteiger partial charge in [0.2, 0.25) is 5.91 Å². The third-order valence-corrected chi connectivity index (χ3v) is 5.08. The minimum Gasteiger partial charge on any atom is -0.338 e. The molecule has 26 heavy (non-hydrogen) atoms. The molecule has 1 aromatic heterocycles. The fraction of sp³-hybridized carbons (Fsp3) is 0.350. The Labute approximate surface area is 151 Å². The van der Waals surface area contributed by atoms with Crippen LogP contribution in [0, 0.1) is 5.92 Å². The van der Waals surface area contributed by atoms with Crippen molar-refractivity contribution in [1.82, 2.24) is 9.47 Å². The van der Waals surface area contributed by atoms with E-state index < -0.39 is 5.91 Å². The van der Waals surface area contributed by atoms with Crippen LogP contribution in [0.2, 0.25) is 0 Å². The van der Waals surface area contributed by atoms with Crippen LogP contribution in [-0.2, 0) is 24.8 Å². The maximum absolute atomic E-state index is 12.4. The summed E-state index contributed by atoms with van der Waals surface area (Å²) >= 11 is 0. The summed E-state index contributed by atoms with van der Waals surface area (Å²) in [6.07, 6.45) is 4.46. The molecule has 1 aromatic carbocycles. The van der Waals surface area contributed by atoms with Crippen molar-refractivity contribution in [1.29, 1.82) is 0 Å². The van der Waals surface area contributed by atoms with E-state index in [0.717, 1.165) is 31.4 Å². The van der Waals surface area contributed by atoms with Gasteiger partial charge in [-0.1, -0.05) is 6.07 Å². The number of carbonyl (C=O) groups excluding carboxylic acids is 2. The maximum Gasteiger partial charge on any atom is 0.263 e. The molecule has 2 aromatic rings. The van der Waals surface area contributed by atoms with Gasteiger partial charge in [0.15, 0.2) is 0 Å². The van der Waals surface area contributed by atoms with Gasteiger partial charge in [-0.3, -0.25) is 14.4 Å². The second-order valence-corrected chi connectivity index (χ2v) is 7.06. The molecule has 0 spiro atoms. The summed E-state index contributed by atoms with van der Waals surface area (Å²) in [5, 5.41) is 2.80. The first-order chi connectivity index (χ1) is 12.5. The van der Waals surface area contributed by atoms with E-state index in [1.807, 2.05) is 23.1 Å². The van der Waals surface area contributed by atoms with Crippen LogP contribution < -0.4 is 10.9 Å². The van der Waals surface area contributed by atoms with E-state index in [2.05, 4.69) is 5.32 Å². The molecular formula is C20H21N3O3. The minimum absolute atomic E-state index is 0.109. The number of rotatable bonds is 3. The normalized spacial score (nSPS) is 16.1. The summed E-state index contributed by atoms with van der Waals surface area (Å²) in [7, 11) is 1.61. The second-order valence-electron chi connectivity index (χ2n) is 7.06. The van der Waals surface area contributed by atoms with E-state index in [-0.39, 0.29) is 22.9 Å². The number of benzene rings is 1. The number of carbonyl (C=O) groups is 2. The third kappa shape index (κ3) is 3.14. The Morgan fingerprint density at radius 3 is 2.73 bits per heavy atom. The Hall–Kier alpha value is -2.89. The Morgan fingerprint density at radius 2 is 1.96 bits per heavy atom. The molecule has 2 heterocycles. The molecule has 1 N–H and O–H groups in total. The Bertz CT molecular complexity index is 944. The molecule has 4 rings (SSSR count). The van der Waals surface area contributed by atoms with Crippen molar-refractivity contribution in [3.8, 4) is 0 Å². The van der Waals surface area contributed by atoms with Gasteiger partial charge in [0, 0.05) is 37.9 Å². The number of hydrogen-bond donors (Lipinski definition) is 1. The van der Waals surface area contributed by atoms with Crippen LogP contribution in [0.1, 0.15) is 34.3 Å². The van der Waals surface area contributed by atoms with E-state index >= 15 is 0 Å². The fourth-order valence-electron chi connectivity index (χ4n) is 3.38. The Morgan fingerprint density at radius 1 is 1.15 bits per heavy atom.